The molecule has 1 aliphatic carbocycles. The molecule has 9 nitrogen and oxygen atoms in total. The van der Waals surface area contributed by atoms with Crippen molar-refractivity contribution >= 4 is 29.2 Å². The molecule has 3 unspecified atom stereocenters. The van der Waals surface area contributed by atoms with Crippen molar-refractivity contribution in [2.45, 2.75) is 56.7 Å². The number of aromatic amines is 1. The summed E-state index contributed by atoms with van der Waals surface area (Å²) < 4.78 is 5.90. The molecule has 1 amide bonds. The van der Waals surface area contributed by atoms with Crippen LogP contribution in [-0.4, -0.2) is 64.9 Å². The van der Waals surface area contributed by atoms with Gasteiger partial charge in [0.2, 0.25) is 0 Å². The molecule has 0 radical (unpaired) electrons. The number of nitrogens with zero attached hydrogens (tertiary/aromatic N) is 3. The average Bonchev–Trinajstić information content (AvgIpc) is 3.45. The first-order valence-corrected chi connectivity index (χ1v) is 11.2. The number of aromatic nitrogens is 3. The van der Waals surface area contributed by atoms with Crippen molar-refractivity contribution in [1.82, 2.24) is 20.5 Å². The summed E-state index contributed by atoms with van der Waals surface area (Å²) >= 11 is 1.40. The van der Waals surface area contributed by atoms with Gasteiger partial charge in [-0.25, -0.2) is 4.98 Å². The highest BCUT2D eigenvalue weighted by Gasteiger charge is 2.29. The molecule has 2 aliphatic rings. The van der Waals surface area contributed by atoms with Crippen LogP contribution in [-0.2, 0) is 17.6 Å². The fraction of sp³-hybridized carbons (Fsp3) is 0.550. The van der Waals surface area contributed by atoms with Crippen molar-refractivity contribution in [2.75, 3.05) is 13.7 Å². The van der Waals surface area contributed by atoms with Crippen molar-refractivity contribution < 1.29 is 9.53 Å². The Bertz CT molecular complexity index is 951. The van der Waals surface area contributed by atoms with Gasteiger partial charge in [0, 0.05) is 42.5 Å². The predicted octanol–water partition coefficient (Wildman–Crippen LogP) is 1.74. The molecule has 2 aromatic rings. The third-order valence-corrected chi connectivity index (χ3v) is 6.56. The molecule has 0 bridgehead atoms. The van der Waals surface area contributed by atoms with Crippen LogP contribution in [0.4, 0.5) is 0 Å². The van der Waals surface area contributed by atoms with Gasteiger partial charge in [-0.3, -0.25) is 14.9 Å². The monoisotopic (exact) mass is 429 g/mol. The minimum atomic E-state index is -0.651. The number of hydrogen-bond donors (Lipinski definition) is 4. The fourth-order valence-electron chi connectivity index (χ4n) is 4.07. The van der Waals surface area contributed by atoms with Crippen LogP contribution in [0.1, 0.15) is 47.4 Å². The van der Waals surface area contributed by atoms with E-state index in [2.05, 4.69) is 25.5 Å². The topological polar surface area (TPSA) is 142 Å². The van der Waals surface area contributed by atoms with Crippen LogP contribution in [0.5, 0.6) is 0 Å². The lowest BCUT2D eigenvalue weighted by Crippen LogP contribution is -2.47. The lowest BCUT2D eigenvalue weighted by atomic mass is 10.0. The Morgan fingerprint density at radius 2 is 2.33 bits per heavy atom. The van der Waals surface area contributed by atoms with Gasteiger partial charge < -0.3 is 21.2 Å². The molecule has 0 aromatic carbocycles. The van der Waals surface area contributed by atoms with E-state index in [1.165, 1.54) is 28.8 Å². The molecule has 1 saturated heterocycles. The van der Waals surface area contributed by atoms with Gasteiger partial charge in [0.05, 0.1) is 11.8 Å². The van der Waals surface area contributed by atoms with E-state index in [0.717, 1.165) is 49.2 Å². The van der Waals surface area contributed by atoms with E-state index in [9.17, 15) is 4.79 Å². The minimum absolute atomic E-state index is 0.109. The number of amides is 1. The molecule has 0 spiro atoms. The summed E-state index contributed by atoms with van der Waals surface area (Å²) in [5, 5.41) is 20.6. The second-order valence-electron chi connectivity index (χ2n) is 7.67. The van der Waals surface area contributed by atoms with Crippen molar-refractivity contribution in [3.05, 3.63) is 22.3 Å². The van der Waals surface area contributed by atoms with E-state index >= 15 is 0 Å². The molecular weight excluding hydrogens is 402 g/mol. The first-order valence-electron chi connectivity index (χ1n) is 10.3. The number of ether oxygens (including phenoxy) is 1. The number of rotatable bonds is 6. The number of carbonyl (C=O) groups is 1. The van der Waals surface area contributed by atoms with Crippen LogP contribution in [0.15, 0.2) is 10.4 Å². The molecule has 1 aliphatic heterocycles. The Hall–Kier alpha value is -2.43. The molecule has 30 heavy (non-hydrogen) atoms. The molecule has 5 N–H and O–H groups in total. The number of aliphatic imine (C=N–C) groups is 1. The maximum atomic E-state index is 12.8. The summed E-state index contributed by atoms with van der Waals surface area (Å²) in [7, 11) is 1.66. The van der Waals surface area contributed by atoms with E-state index in [1.807, 2.05) is 0 Å². The highest BCUT2D eigenvalue weighted by atomic mass is 32.1. The molecule has 3 heterocycles. The largest absolute Gasteiger partial charge is 0.372 e. The second kappa shape index (κ2) is 9.15. The fourth-order valence-corrected chi connectivity index (χ4v) is 4.89. The number of H-pyrrole nitrogens is 1. The van der Waals surface area contributed by atoms with Crippen LogP contribution >= 0.6 is 11.3 Å². The maximum Gasteiger partial charge on any atom is 0.271 e. The van der Waals surface area contributed by atoms with Crippen LogP contribution in [0.25, 0.3) is 10.7 Å². The van der Waals surface area contributed by atoms with E-state index < -0.39 is 6.04 Å². The summed E-state index contributed by atoms with van der Waals surface area (Å²) in [5.74, 6) is -0.343. The number of nitrogens with one attached hydrogen (secondary N) is 3. The Kier molecular flexibility index (Phi) is 6.35. The standard InChI is InChI=1S/C20H27N7O2S/c1-23-18(16-6-5-11(22)7-8-29-16)14(9-21)24-19(28)15-10-30-20(25-15)17-12-3-2-4-13(12)26-27-17/h9-11,14,16,21H,2-8,22H2,1H3,(H,24,28)(H,26,27). The molecule has 160 valence electrons. The van der Waals surface area contributed by atoms with Crippen LogP contribution in [0.2, 0.25) is 0 Å². The lowest BCUT2D eigenvalue weighted by Gasteiger charge is -2.23. The maximum absolute atomic E-state index is 12.8. The summed E-state index contributed by atoms with van der Waals surface area (Å²) in [4.78, 5) is 21.7. The van der Waals surface area contributed by atoms with E-state index in [4.69, 9.17) is 15.9 Å². The number of nitrogens with two attached hydrogens (primary N) is 1. The Morgan fingerprint density at radius 1 is 1.47 bits per heavy atom. The quantitative estimate of drug-likeness (QED) is 0.517. The van der Waals surface area contributed by atoms with Crippen LogP contribution < -0.4 is 11.1 Å². The zero-order chi connectivity index (χ0) is 21.1. The Balaban J connectivity index is 1.46. The van der Waals surface area contributed by atoms with Crippen LogP contribution in [0, 0.1) is 5.41 Å². The zero-order valence-electron chi connectivity index (χ0n) is 17.0. The molecule has 2 aromatic heterocycles. The molecule has 4 rings (SSSR count). The van der Waals surface area contributed by atoms with Gasteiger partial charge in [-0.05, 0) is 38.5 Å². The minimum Gasteiger partial charge on any atom is -0.372 e. The number of fused-ring (bicyclic) bond motifs is 1. The first-order chi connectivity index (χ1) is 14.6. The number of carbonyl (C=O) groups excluding carboxylic acids is 1. The van der Waals surface area contributed by atoms with Gasteiger partial charge in [-0.2, -0.15) is 5.10 Å². The predicted molar refractivity (Wildman–Crippen MR) is 117 cm³/mol. The first kappa shape index (κ1) is 20.8. The summed E-state index contributed by atoms with van der Waals surface area (Å²) in [6.45, 7) is 0.549. The second-order valence-corrected chi connectivity index (χ2v) is 8.53. The molecular formula is C20H27N7O2S. The van der Waals surface area contributed by atoms with Crippen molar-refractivity contribution in [3.8, 4) is 10.7 Å². The smallest absolute Gasteiger partial charge is 0.271 e. The highest BCUT2D eigenvalue weighted by Crippen LogP contribution is 2.32. The van der Waals surface area contributed by atoms with Crippen molar-refractivity contribution in [2.24, 2.45) is 10.7 Å². The van der Waals surface area contributed by atoms with E-state index in [0.29, 0.717) is 18.0 Å². The third-order valence-electron chi connectivity index (χ3n) is 5.71. The number of thiazole rings is 1. The normalized spacial score (nSPS) is 22.9. The number of hydrogen-bond acceptors (Lipinski definition) is 8. The number of aryl methyl sites for hydroxylation is 1. The summed E-state index contributed by atoms with van der Waals surface area (Å²) in [6, 6.07) is -0.542. The van der Waals surface area contributed by atoms with Gasteiger partial charge in [0.15, 0.2) is 0 Å². The lowest BCUT2D eigenvalue weighted by molar-refractivity contribution is 0.0933. The van der Waals surface area contributed by atoms with Gasteiger partial charge >= 0.3 is 0 Å². The Labute approximate surface area is 179 Å². The Morgan fingerprint density at radius 3 is 3.13 bits per heavy atom. The highest BCUT2D eigenvalue weighted by molar-refractivity contribution is 7.13. The van der Waals surface area contributed by atoms with Gasteiger partial charge in [-0.1, -0.05) is 0 Å². The summed E-state index contributed by atoms with van der Waals surface area (Å²) in [6.07, 6.45) is 6.38. The molecule has 10 heteroatoms. The SMILES string of the molecule is CN=C(C(C=N)NC(=O)c1csc(-c2n[nH]c3c2CCC3)n1)C1CCC(N)CCO1. The zero-order valence-corrected chi connectivity index (χ0v) is 17.8. The van der Waals surface area contributed by atoms with Gasteiger partial charge in [-0.15, -0.1) is 11.3 Å². The summed E-state index contributed by atoms with van der Waals surface area (Å²) in [5.41, 5.74) is 10.2. The average molecular weight is 430 g/mol. The van der Waals surface area contributed by atoms with Gasteiger partial charge in [0.1, 0.15) is 22.4 Å². The van der Waals surface area contributed by atoms with Gasteiger partial charge in [0.25, 0.3) is 5.91 Å². The van der Waals surface area contributed by atoms with E-state index in [-0.39, 0.29) is 18.1 Å². The van der Waals surface area contributed by atoms with Crippen molar-refractivity contribution in [3.63, 3.8) is 0 Å². The van der Waals surface area contributed by atoms with Crippen molar-refractivity contribution in [1.29, 1.82) is 5.41 Å². The molecule has 3 atom stereocenters. The van der Waals surface area contributed by atoms with E-state index in [1.54, 1.807) is 12.4 Å². The molecule has 0 saturated carbocycles. The molecule has 1 fully saturated rings. The third kappa shape index (κ3) is 4.21. The van der Waals surface area contributed by atoms with Crippen LogP contribution in [0.3, 0.4) is 0 Å².